The first-order chi connectivity index (χ1) is 7.56. The van der Waals surface area contributed by atoms with Crippen molar-refractivity contribution in [3.8, 4) is 5.75 Å². The number of alkyl halides is 1. The second kappa shape index (κ2) is 5.06. The zero-order valence-electron chi connectivity index (χ0n) is 8.18. The van der Waals surface area contributed by atoms with Crippen LogP contribution in [0.5, 0.6) is 5.75 Å². The molecule has 0 aliphatic carbocycles. The van der Waals surface area contributed by atoms with Crippen LogP contribution in [0.1, 0.15) is 20.7 Å². The van der Waals surface area contributed by atoms with Crippen LogP contribution in [-0.2, 0) is 0 Å². The number of hydrogen-bond donors (Lipinski definition) is 2. The molecule has 16 heavy (non-hydrogen) atoms. The second-order valence-electron chi connectivity index (χ2n) is 2.96. The van der Waals surface area contributed by atoms with E-state index < -0.39 is 18.4 Å². The van der Waals surface area contributed by atoms with E-state index in [1.54, 1.807) is 0 Å². The van der Waals surface area contributed by atoms with Gasteiger partial charge in [0, 0.05) is 0 Å². The fraction of sp³-hybridized carbons (Fsp3) is 0.0909. The number of hydrogen-bond acceptors (Lipinski definition) is 3. The Morgan fingerprint density at radius 3 is 2.62 bits per heavy atom. The fourth-order valence-corrected chi connectivity index (χ4v) is 1.11. The number of phenolic OH excluding ortho intramolecular Hbond substituents is 1. The Labute approximate surface area is 90.6 Å². The minimum Gasteiger partial charge on any atom is -0.507 e. The Bertz CT molecular complexity index is 451. The number of carbonyl (C=O) groups excluding carboxylic acids is 1. The van der Waals surface area contributed by atoms with E-state index in [0.717, 1.165) is 24.3 Å². The molecule has 4 nitrogen and oxygen atoms in total. The number of rotatable bonds is 4. The lowest BCUT2D eigenvalue weighted by molar-refractivity contribution is 0.0697. The predicted octanol–water partition coefficient (Wildman–Crippen LogP) is 1.80. The topological polar surface area (TPSA) is 74.6 Å². The van der Waals surface area contributed by atoms with Gasteiger partial charge in [-0.3, -0.25) is 4.79 Å². The van der Waals surface area contributed by atoms with Crippen molar-refractivity contribution in [2.75, 3.05) is 6.67 Å². The maximum absolute atomic E-state index is 11.8. The van der Waals surface area contributed by atoms with Gasteiger partial charge < -0.3 is 10.2 Å². The summed E-state index contributed by atoms with van der Waals surface area (Å²) in [7, 11) is 0. The van der Waals surface area contributed by atoms with Gasteiger partial charge in [0.25, 0.3) is 0 Å². The zero-order chi connectivity index (χ0) is 12.1. The summed E-state index contributed by atoms with van der Waals surface area (Å²) < 4.78 is 11.8. The van der Waals surface area contributed by atoms with Gasteiger partial charge in [-0.15, -0.1) is 0 Å². The molecule has 5 heteroatoms. The Balaban J connectivity index is 3.12. The second-order valence-corrected chi connectivity index (χ2v) is 2.96. The van der Waals surface area contributed by atoms with Crippen molar-refractivity contribution in [3.63, 3.8) is 0 Å². The lowest BCUT2D eigenvalue weighted by atomic mass is 10.1. The van der Waals surface area contributed by atoms with Crippen molar-refractivity contribution in [2.45, 2.75) is 0 Å². The monoisotopic (exact) mass is 224 g/mol. The average Bonchev–Trinajstić information content (AvgIpc) is 2.26. The highest BCUT2D eigenvalue weighted by molar-refractivity contribution is 6.07. The van der Waals surface area contributed by atoms with Crippen molar-refractivity contribution in [2.24, 2.45) is 0 Å². The van der Waals surface area contributed by atoms with E-state index in [2.05, 4.69) is 0 Å². The number of aromatic hydroxyl groups is 1. The van der Waals surface area contributed by atoms with Gasteiger partial charge in [-0.05, 0) is 30.4 Å². The van der Waals surface area contributed by atoms with Crippen LogP contribution in [0.15, 0.2) is 30.4 Å². The predicted molar refractivity (Wildman–Crippen MR) is 54.5 cm³/mol. The molecule has 2 N–H and O–H groups in total. The van der Waals surface area contributed by atoms with Gasteiger partial charge in [-0.1, -0.05) is 0 Å². The lowest BCUT2D eigenvalue weighted by Gasteiger charge is -2.01. The summed E-state index contributed by atoms with van der Waals surface area (Å²) >= 11 is 0. The molecule has 0 heterocycles. The van der Waals surface area contributed by atoms with E-state index in [4.69, 9.17) is 5.11 Å². The third-order valence-electron chi connectivity index (χ3n) is 1.87. The first-order valence-corrected chi connectivity index (χ1v) is 4.39. The van der Waals surface area contributed by atoms with Crippen LogP contribution in [0, 0.1) is 0 Å². The van der Waals surface area contributed by atoms with Crippen LogP contribution >= 0.6 is 0 Å². The van der Waals surface area contributed by atoms with E-state index in [1.165, 1.54) is 6.07 Å². The smallest absolute Gasteiger partial charge is 0.335 e. The highest BCUT2D eigenvalue weighted by Gasteiger charge is 2.12. The molecule has 84 valence electrons. The number of aromatic carboxylic acids is 1. The number of halogens is 1. The molecule has 1 rings (SSSR count). The van der Waals surface area contributed by atoms with Crippen molar-refractivity contribution in [1.82, 2.24) is 0 Å². The van der Waals surface area contributed by atoms with E-state index >= 15 is 0 Å². The van der Waals surface area contributed by atoms with Gasteiger partial charge in [-0.25, -0.2) is 9.18 Å². The molecule has 0 aliphatic heterocycles. The van der Waals surface area contributed by atoms with E-state index in [0.29, 0.717) is 0 Å². The third-order valence-corrected chi connectivity index (χ3v) is 1.87. The number of carbonyl (C=O) groups is 2. The summed E-state index contributed by atoms with van der Waals surface area (Å²) in [5.74, 6) is -2.18. The Kier molecular flexibility index (Phi) is 3.77. The van der Waals surface area contributed by atoms with Crippen LogP contribution in [-0.4, -0.2) is 28.6 Å². The van der Waals surface area contributed by atoms with Crippen molar-refractivity contribution in [3.05, 3.63) is 41.5 Å². The molecule has 0 aliphatic rings. The Morgan fingerprint density at radius 2 is 2.06 bits per heavy atom. The van der Waals surface area contributed by atoms with E-state index in [1.807, 2.05) is 0 Å². The zero-order valence-corrected chi connectivity index (χ0v) is 8.18. The molecular formula is C11H9FO4. The van der Waals surface area contributed by atoms with E-state index in [9.17, 15) is 19.1 Å². The molecule has 0 unspecified atom stereocenters. The highest BCUT2D eigenvalue weighted by atomic mass is 19.1. The minimum absolute atomic E-state index is 0.116. The summed E-state index contributed by atoms with van der Waals surface area (Å²) in [5, 5.41) is 18.0. The van der Waals surface area contributed by atoms with Crippen molar-refractivity contribution in [1.29, 1.82) is 0 Å². The largest absolute Gasteiger partial charge is 0.507 e. The van der Waals surface area contributed by atoms with Crippen LogP contribution in [0.4, 0.5) is 4.39 Å². The van der Waals surface area contributed by atoms with Gasteiger partial charge in [0.2, 0.25) is 0 Å². The van der Waals surface area contributed by atoms with Crippen LogP contribution < -0.4 is 0 Å². The van der Waals surface area contributed by atoms with Gasteiger partial charge in [0.1, 0.15) is 12.4 Å². The first kappa shape index (κ1) is 11.9. The lowest BCUT2D eigenvalue weighted by Crippen LogP contribution is -2.01. The molecule has 0 bridgehead atoms. The van der Waals surface area contributed by atoms with Gasteiger partial charge in [-0.2, -0.15) is 0 Å². The number of benzene rings is 1. The molecule has 0 saturated carbocycles. The molecule has 0 radical (unpaired) electrons. The molecule has 0 amide bonds. The van der Waals surface area contributed by atoms with Gasteiger partial charge in [0.05, 0.1) is 11.1 Å². The standard InChI is InChI=1S/C11H9FO4/c12-5-1-2-9(13)8-6-7(11(15)16)3-4-10(8)14/h1-4,6,14H,5H2,(H,15,16)/b2-1+. The van der Waals surface area contributed by atoms with Gasteiger partial charge in [0.15, 0.2) is 5.78 Å². The number of ketones is 1. The number of carboxylic acid groups (broad SMARTS) is 1. The number of phenols is 1. The Hall–Kier alpha value is -2.17. The molecule has 0 saturated heterocycles. The first-order valence-electron chi connectivity index (χ1n) is 4.39. The summed E-state index contributed by atoms with van der Waals surface area (Å²) in [5.41, 5.74) is -0.278. The third kappa shape index (κ3) is 2.66. The minimum atomic E-state index is -1.21. The quantitative estimate of drug-likeness (QED) is 0.604. The van der Waals surface area contributed by atoms with Crippen molar-refractivity contribution < 1.29 is 24.2 Å². The maximum Gasteiger partial charge on any atom is 0.335 e. The van der Waals surface area contributed by atoms with Gasteiger partial charge >= 0.3 is 5.97 Å². The van der Waals surface area contributed by atoms with Crippen LogP contribution in [0.3, 0.4) is 0 Å². The molecular weight excluding hydrogens is 215 g/mol. The summed E-state index contributed by atoms with van der Waals surface area (Å²) in [6.07, 6.45) is 1.93. The van der Waals surface area contributed by atoms with E-state index in [-0.39, 0.29) is 16.9 Å². The molecule has 0 atom stereocenters. The number of allylic oxidation sites excluding steroid dienone is 2. The summed E-state index contributed by atoms with van der Waals surface area (Å²) in [6.45, 7) is -0.800. The molecule has 1 aromatic rings. The van der Waals surface area contributed by atoms with Crippen LogP contribution in [0.2, 0.25) is 0 Å². The fourth-order valence-electron chi connectivity index (χ4n) is 1.11. The normalized spacial score (nSPS) is 10.6. The van der Waals surface area contributed by atoms with Crippen molar-refractivity contribution >= 4 is 11.8 Å². The number of carboxylic acids is 1. The Morgan fingerprint density at radius 1 is 1.38 bits per heavy atom. The molecule has 1 aromatic carbocycles. The highest BCUT2D eigenvalue weighted by Crippen LogP contribution is 2.19. The molecule has 0 spiro atoms. The average molecular weight is 224 g/mol. The summed E-state index contributed by atoms with van der Waals surface area (Å²) in [4.78, 5) is 22.0. The molecule has 0 fully saturated rings. The molecule has 0 aromatic heterocycles. The van der Waals surface area contributed by atoms with Crippen LogP contribution in [0.25, 0.3) is 0 Å². The SMILES string of the molecule is O=C(O)c1ccc(O)c(C(=O)/C=C/CF)c1. The summed E-state index contributed by atoms with van der Waals surface area (Å²) in [6, 6.07) is 3.33. The maximum atomic E-state index is 11.8.